The van der Waals surface area contributed by atoms with Gasteiger partial charge in [-0.3, -0.25) is 0 Å². The third-order valence-electron chi connectivity index (χ3n) is 7.47. The molecular formula is C28H37N2P. The van der Waals surface area contributed by atoms with Crippen molar-refractivity contribution < 1.29 is 0 Å². The predicted octanol–water partition coefficient (Wildman–Crippen LogP) is 8.06. The minimum atomic E-state index is -0.151. The van der Waals surface area contributed by atoms with Crippen molar-refractivity contribution in [3.63, 3.8) is 0 Å². The molecule has 0 bridgehead atoms. The van der Waals surface area contributed by atoms with Gasteiger partial charge in [0.15, 0.2) is 0 Å². The molecule has 5 rings (SSSR count). The Morgan fingerprint density at radius 1 is 0.774 bits per heavy atom. The molecule has 2 nitrogen and oxygen atoms in total. The molecule has 1 aromatic heterocycles. The summed E-state index contributed by atoms with van der Waals surface area (Å²) in [4.78, 5) is 5.21. The first-order valence-electron chi connectivity index (χ1n) is 12.6. The van der Waals surface area contributed by atoms with Crippen LogP contribution >= 0.6 is 7.92 Å². The molecule has 2 aliphatic carbocycles. The fourth-order valence-corrected chi connectivity index (χ4v) is 9.99. The summed E-state index contributed by atoms with van der Waals surface area (Å²) in [6, 6.07) is 18.4. The van der Waals surface area contributed by atoms with Gasteiger partial charge in [-0.05, 0) is 68.3 Å². The molecule has 0 amide bonds. The standard InChI is InChI=1S/C28H37N2P/c1-21(2)30-26-19-11-10-18-25(26)29-28(30)24-17-9-12-20-27(24)31(22-13-5-3-6-14-22)23-15-7-4-8-16-23/h9-12,17-23H,3-8,13-16H2,1-2H3. The van der Waals surface area contributed by atoms with E-state index in [2.05, 4.69) is 66.9 Å². The Bertz CT molecular complexity index is 991. The molecule has 0 spiro atoms. The first-order valence-corrected chi connectivity index (χ1v) is 14.1. The summed E-state index contributed by atoms with van der Waals surface area (Å²) < 4.78 is 2.48. The lowest BCUT2D eigenvalue weighted by Gasteiger charge is -2.39. The second kappa shape index (κ2) is 9.45. The second-order valence-electron chi connectivity index (χ2n) is 9.90. The largest absolute Gasteiger partial charge is 0.321 e. The van der Waals surface area contributed by atoms with Crippen LogP contribution in [0.15, 0.2) is 48.5 Å². The van der Waals surface area contributed by atoms with Gasteiger partial charge in [-0.1, -0.05) is 82.8 Å². The van der Waals surface area contributed by atoms with Gasteiger partial charge in [-0.2, -0.15) is 0 Å². The quantitative estimate of drug-likeness (QED) is 0.373. The number of imidazole rings is 1. The van der Waals surface area contributed by atoms with Gasteiger partial charge in [0.05, 0.1) is 11.0 Å². The maximum atomic E-state index is 5.21. The number of rotatable bonds is 5. The van der Waals surface area contributed by atoms with Crippen molar-refractivity contribution in [1.82, 2.24) is 9.55 Å². The number of hydrogen-bond acceptors (Lipinski definition) is 1. The van der Waals surface area contributed by atoms with Crippen LogP contribution in [0.2, 0.25) is 0 Å². The molecular weight excluding hydrogens is 395 g/mol. The second-order valence-corrected chi connectivity index (χ2v) is 12.7. The van der Waals surface area contributed by atoms with E-state index >= 15 is 0 Å². The normalized spacial score (nSPS) is 19.0. The molecule has 0 saturated heterocycles. The maximum absolute atomic E-state index is 5.21. The highest BCUT2D eigenvalue weighted by atomic mass is 31.1. The van der Waals surface area contributed by atoms with E-state index in [9.17, 15) is 0 Å². The number of benzene rings is 2. The minimum Gasteiger partial charge on any atom is -0.321 e. The van der Waals surface area contributed by atoms with Gasteiger partial charge in [0.2, 0.25) is 0 Å². The highest BCUT2D eigenvalue weighted by Gasteiger charge is 2.34. The van der Waals surface area contributed by atoms with E-state index in [-0.39, 0.29) is 7.92 Å². The van der Waals surface area contributed by atoms with E-state index in [0.29, 0.717) is 6.04 Å². The molecule has 2 aromatic carbocycles. The zero-order chi connectivity index (χ0) is 21.2. The fourth-order valence-electron chi connectivity index (χ4n) is 6.06. The maximum Gasteiger partial charge on any atom is 0.142 e. The minimum absolute atomic E-state index is 0.151. The number of nitrogens with zero attached hydrogens (tertiary/aromatic N) is 2. The van der Waals surface area contributed by atoms with Crippen LogP contribution in [0, 0.1) is 0 Å². The first kappa shape index (κ1) is 21.2. The van der Waals surface area contributed by atoms with E-state index in [1.165, 1.54) is 81.1 Å². The summed E-state index contributed by atoms with van der Waals surface area (Å²) in [6.45, 7) is 4.59. The van der Waals surface area contributed by atoms with Crippen LogP contribution in [0.3, 0.4) is 0 Å². The number of aromatic nitrogens is 2. The van der Waals surface area contributed by atoms with Gasteiger partial charge in [0.25, 0.3) is 0 Å². The summed E-state index contributed by atoms with van der Waals surface area (Å²) in [7, 11) is -0.151. The smallest absolute Gasteiger partial charge is 0.142 e. The Morgan fingerprint density at radius 3 is 2.00 bits per heavy atom. The molecule has 2 aliphatic rings. The Kier molecular flexibility index (Phi) is 6.46. The van der Waals surface area contributed by atoms with Crippen LogP contribution in [0.25, 0.3) is 22.4 Å². The summed E-state index contributed by atoms with van der Waals surface area (Å²) in [6.07, 6.45) is 14.4. The van der Waals surface area contributed by atoms with Crippen LogP contribution in [0.4, 0.5) is 0 Å². The molecule has 0 aliphatic heterocycles. The Morgan fingerprint density at radius 2 is 1.35 bits per heavy atom. The summed E-state index contributed by atoms with van der Waals surface area (Å²) in [5.74, 6) is 1.19. The Labute approximate surface area is 189 Å². The van der Waals surface area contributed by atoms with Crippen molar-refractivity contribution in [3.8, 4) is 11.4 Å². The van der Waals surface area contributed by atoms with E-state index in [0.717, 1.165) is 16.8 Å². The van der Waals surface area contributed by atoms with Crippen LogP contribution in [-0.4, -0.2) is 20.9 Å². The molecule has 0 atom stereocenters. The van der Waals surface area contributed by atoms with Gasteiger partial charge in [-0.25, -0.2) is 4.98 Å². The lowest BCUT2D eigenvalue weighted by molar-refractivity contribution is 0.487. The first-order chi connectivity index (χ1) is 15.2. The average molecular weight is 433 g/mol. The van der Waals surface area contributed by atoms with Crippen LogP contribution < -0.4 is 5.30 Å². The van der Waals surface area contributed by atoms with E-state index in [1.807, 2.05) is 0 Å². The van der Waals surface area contributed by atoms with Gasteiger partial charge < -0.3 is 4.57 Å². The van der Waals surface area contributed by atoms with E-state index in [1.54, 1.807) is 5.30 Å². The third-order valence-corrected chi connectivity index (χ3v) is 11.0. The molecule has 31 heavy (non-hydrogen) atoms. The molecule has 2 fully saturated rings. The highest BCUT2D eigenvalue weighted by molar-refractivity contribution is 7.67. The molecule has 164 valence electrons. The van der Waals surface area contributed by atoms with E-state index < -0.39 is 0 Å². The van der Waals surface area contributed by atoms with E-state index in [4.69, 9.17) is 4.98 Å². The number of hydrogen-bond donors (Lipinski definition) is 0. The summed E-state index contributed by atoms with van der Waals surface area (Å²) in [5.41, 5.74) is 5.62. The molecule has 3 aromatic rings. The van der Waals surface area contributed by atoms with Gasteiger partial charge >= 0.3 is 0 Å². The monoisotopic (exact) mass is 432 g/mol. The number of fused-ring (bicyclic) bond motifs is 1. The lowest BCUT2D eigenvalue weighted by Crippen LogP contribution is -2.27. The molecule has 1 heterocycles. The SMILES string of the molecule is CC(C)n1c(-c2ccccc2P(C2CCCCC2)C2CCCCC2)nc2ccccc21. The van der Waals surface area contributed by atoms with Crippen molar-refractivity contribution >= 4 is 24.3 Å². The summed E-state index contributed by atoms with van der Waals surface area (Å²) in [5, 5.41) is 1.65. The van der Waals surface area contributed by atoms with Gasteiger partial charge in [0.1, 0.15) is 5.82 Å². The van der Waals surface area contributed by atoms with Crippen molar-refractivity contribution in [2.45, 2.75) is 95.4 Å². The molecule has 2 saturated carbocycles. The lowest BCUT2D eigenvalue weighted by atomic mass is 9.99. The van der Waals surface area contributed by atoms with Crippen LogP contribution in [0.1, 0.15) is 84.1 Å². The molecule has 0 unspecified atom stereocenters. The highest BCUT2D eigenvalue weighted by Crippen LogP contribution is 2.56. The molecule has 0 N–H and O–H groups in total. The Hall–Kier alpha value is -1.66. The zero-order valence-corrected chi connectivity index (χ0v) is 20.2. The van der Waals surface area contributed by atoms with Gasteiger partial charge in [-0.15, -0.1) is 0 Å². The predicted molar refractivity (Wildman–Crippen MR) is 136 cm³/mol. The van der Waals surface area contributed by atoms with Crippen molar-refractivity contribution in [2.24, 2.45) is 0 Å². The topological polar surface area (TPSA) is 17.8 Å². The van der Waals surface area contributed by atoms with Crippen LogP contribution in [-0.2, 0) is 0 Å². The molecule has 0 radical (unpaired) electrons. The fraction of sp³-hybridized carbons (Fsp3) is 0.536. The average Bonchev–Trinajstić information content (AvgIpc) is 3.21. The summed E-state index contributed by atoms with van der Waals surface area (Å²) >= 11 is 0. The zero-order valence-electron chi connectivity index (χ0n) is 19.3. The van der Waals surface area contributed by atoms with Gasteiger partial charge in [0, 0.05) is 11.6 Å². The number of para-hydroxylation sites is 2. The van der Waals surface area contributed by atoms with Crippen molar-refractivity contribution in [3.05, 3.63) is 48.5 Å². The third kappa shape index (κ3) is 4.21. The van der Waals surface area contributed by atoms with Crippen molar-refractivity contribution in [2.75, 3.05) is 0 Å². The Balaban J connectivity index is 1.65. The molecule has 3 heteroatoms. The van der Waals surface area contributed by atoms with Crippen LogP contribution in [0.5, 0.6) is 0 Å². The van der Waals surface area contributed by atoms with Crippen molar-refractivity contribution in [1.29, 1.82) is 0 Å².